The van der Waals surface area contributed by atoms with Gasteiger partial charge in [-0.3, -0.25) is 0 Å². The zero-order chi connectivity index (χ0) is 24.2. The lowest BCUT2D eigenvalue weighted by Crippen LogP contribution is -2.36. The van der Waals surface area contributed by atoms with Crippen LogP contribution >= 0.6 is 0 Å². The van der Waals surface area contributed by atoms with E-state index < -0.39 is 27.1 Å². The summed E-state index contributed by atoms with van der Waals surface area (Å²) >= 11 is 0. The second-order valence-electron chi connectivity index (χ2n) is 6.73. The van der Waals surface area contributed by atoms with Gasteiger partial charge in [-0.15, -0.1) is 0 Å². The Hall–Kier alpha value is -3.71. The van der Waals surface area contributed by atoms with E-state index >= 15 is 0 Å². The first-order chi connectivity index (χ1) is 15.4. The molecule has 0 aliphatic heterocycles. The van der Waals surface area contributed by atoms with Crippen molar-refractivity contribution in [2.75, 3.05) is 17.7 Å². The van der Waals surface area contributed by atoms with E-state index in [-0.39, 0.29) is 10.2 Å². The highest BCUT2D eigenvalue weighted by Crippen LogP contribution is 2.24. The summed E-state index contributed by atoms with van der Waals surface area (Å²) in [5, 5.41) is 6.01. The summed E-state index contributed by atoms with van der Waals surface area (Å²) in [5.41, 5.74) is 2.13. The molecule has 3 aromatic rings. The Balaban J connectivity index is 1.77. The number of nitrogens with one attached hydrogen (secondary N) is 2. The predicted molar refractivity (Wildman–Crippen MR) is 113 cm³/mol. The van der Waals surface area contributed by atoms with E-state index in [4.69, 9.17) is 0 Å². The monoisotopic (exact) mass is 481 g/mol. The molecular formula is C20H18F3N5O4S. The highest BCUT2D eigenvalue weighted by molar-refractivity contribution is 7.89. The van der Waals surface area contributed by atoms with Gasteiger partial charge in [0.2, 0.25) is 0 Å². The fraction of sp³-hybridized carbons (Fsp3) is 0.150. The molecule has 0 bridgehead atoms. The molecule has 0 spiro atoms. The van der Waals surface area contributed by atoms with Crippen molar-refractivity contribution >= 4 is 39.0 Å². The lowest BCUT2D eigenvalue weighted by molar-refractivity contribution is -0.219. The third-order valence-corrected chi connectivity index (χ3v) is 5.74. The summed E-state index contributed by atoms with van der Waals surface area (Å²) < 4.78 is 62.0. The van der Waals surface area contributed by atoms with E-state index in [2.05, 4.69) is 25.4 Å². The van der Waals surface area contributed by atoms with E-state index in [0.717, 1.165) is 23.4 Å². The maximum Gasteiger partial charge on any atom is 0.492 e. The van der Waals surface area contributed by atoms with Crippen molar-refractivity contribution in [1.29, 1.82) is 0 Å². The van der Waals surface area contributed by atoms with E-state index in [1.807, 2.05) is 31.2 Å². The van der Waals surface area contributed by atoms with Crippen LogP contribution in [0.2, 0.25) is 0 Å². The van der Waals surface area contributed by atoms with Crippen molar-refractivity contribution in [2.24, 2.45) is 0 Å². The number of rotatable bonds is 7. The van der Waals surface area contributed by atoms with Gasteiger partial charge in [0.1, 0.15) is 18.0 Å². The number of alkyl halides is 3. The molecule has 0 radical (unpaired) electrons. The summed E-state index contributed by atoms with van der Waals surface area (Å²) in [4.78, 5) is 22.7. The molecule has 33 heavy (non-hydrogen) atoms. The number of nitrogens with zero attached hydrogens (tertiary/aromatic N) is 3. The van der Waals surface area contributed by atoms with Crippen LogP contribution in [0.15, 0.2) is 65.8 Å². The lowest BCUT2D eigenvalue weighted by Gasteiger charge is -2.17. The van der Waals surface area contributed by atoms with Gasteiger partial charge in [0.25, 0.3) is 10.0 Å². The molecule has 13 heteroatoms. The van der Waals surface area contributed by atoms with Crippen LogP contribution in [0.1, 0.15) is 5.56 Å². The number of benzene rings is 2. The topological polar surface area (TPSA) is 114 Å². The summed E-state index contributed by atoms with van der Waals surface area (Å²) in [5.74, 6) is -1.86. The van der Waals surface area contributed by atoms with Crippen molar-refractivity contribution in [3.05, 3.63) is 66.5 Å². The largest absolute Gasteiger partial charge is 0.492 e. The number of carbonyl (C=O) groups excluding carboxylic acids is 1. The Morgan fingerprint density at radius 3 is 2.12 bits per heavy atom. The second-order valence-corrected chi connectivity index (χ2v) is 8.66. The molecule has 0 aliphatic carbocycles. The Labute approximate surface area is 187 Å². The number of hydroxylamine groups is 1. The van der Waals surface area contributed by atoms with Gasteiger partial charge in [-0.05, 0) is 47.3 Å². The number of aromatic nitrogens is 2. The molecule has 0 unspecified atom stereocenters. The normalized spacial score (nSPS) is 11.8. The Morgan fingerprint density at radius 1 is 0.970 bits per heavy atom. The minimum atomic E-state index is -5.34. The first kappa shape index (κ1) is 23.9. The minimum Gasteiger partial charge on any atom is -0.345 e. The SMILES string of the molecule is Cc1cccc(Nc2cc(Nc3cccc(S(=O)(=O)N(C)OC(=O)C(F)(F)F)c3)ncn2)c1. The summed E-state index contributed by atoms with van der Waals surface area (Å²) in [6.07, 6.45) is -4.05. The highest BCUT2D eigenvalue weighted by Gasteiger charge is 2.43. The molecule has 1 heterocycles. The number of halogens is 3. The molecule has 3 rings (SSSR count). The highest BCUT2D eigenvalue weighted by atomic mass is 32.2. The molecule has 0 aliphatic rings. The third-order valence-electron chi connectivity index (χ3n) is 4.14. The second kappa shape index (κ2) is 9.42. The molecule has 2 N–H and O–H groups in total. The Kier molecular flexibility index (Phi) is 6.84. The van der Waals surface area contributed by atoms with Gasteiger partial charge in [-0.2, -0.15) is 13.2 Å². The maximum atomic E-state index is 12.5. The molecule has 0 saturated carbocycles. The number of aryl methyl sites for hydroxylation is 1. The fourth-order valence-corrected chi connectivity index (χ4v) is 3.60. The van der Waals surface area contributed by atoms with Gasteiger partial charge in [-0.25, -0.2) is 23.2 Å². The smallest absolute Gasteiger partial charge is 0.345 e. The third kappa shape index (κ3) is 6.17. The number of sulfonamides is 1. The molecule has 2 aromatic carbocycles. The van der Waals surface area contributed by atoms with Crippen LogP contribution in [0, 0.1) is 6.92 Å². The Bertz CT molecular complexity index is 1270. The van der Waals surface area contributed by atoms with Crippen LogP contribution in [0.4, 0.5) is 36.2 Å². The zero-order valence-electron chi connectivity index (χ0n) is 17.3. The van der Waals surface area contributed by atoms with E-state index in [9.17, 15) is 26.4 Å². The van der Waals surface area contributed by atoms with Crippen LogP contribution in [0.5, 0.6) is 0 Å². The molecule has 0 amide bonds. The maximum absolute atomic E-state index is 12.5. The van der Waals surface area contributed by atoms with Gasteiger partial charge in [0.05, 0.1) is 4.90 Å². The van der Waals surface area contributed by atoms with Crippen molar-refractivity contribution in [3.8, 4) is 0 Å². The number of carbonyl (C=O) groups is 1. The average molecular weight is 481 g/mol. The molecule has 9 nitrogen and oxygen atoms in total. The summed E-state index contributed by atoms with van der Waals surface area (Å²) in [6, 6.07) is 14.4. The number of anilines is 4. The first-order valence-corrected chi connectivity index (χ1v) is 10.7. The van der Waals surface area contributed by atoms with Crippen LogP contribution in [-0.2, 0) is 19.7 Å². The quantitative estimate of drug-likeness (QED) is 0.489. The molecular weight excluding hydrogens is 463 g/mol. The minimum absolute atomic E-state index is 0.142. The average Bonchev–Trinajstić information content (AvgIpc) is 2.73. The summed E-state index contributed by atoms with van der Waals surface area (Å²) in [6.45, 7) is 1.95. The molecule has 0 atom stereocenters. The predicted octanol–water partition coefficient (Wildman–Crippen LogP) is 3.91. The lowest BCUT2D eigenvalue weighted by atomic mass is 10.2. The molecule has 0 saturated heterocycles. The van der Waals surface area contributed by atoms with E-state index in [1.165, 1.54) is 18.5 Å². The van der Waals surface area contributed by atoms with Crippen LogP contribution < -0.4 is 10.6 Å². The van der Waals surface area contributed by atoms with E-state index in [1.54, 1.807) is 6.07 Å². The van der Waals surface area contributed by atoms with Gasteiger partial charge in [0.15, 0.2) is 0 Å². The fourth-order valence-electron chi connectivity index (χ4n) is 2.61. The standard InChI is InChI=1S/C20H18F3N5O4S/c1-13-5-3-6-14(9-13)26-17-11-18(25-12-24-17)27-15-7-4-8-16(10-15)33(30,31)28(2)32-19(29)20(21,22)23/h3-12H,1-2H3,(H2,24,25,26,27). The van der Waals surface area contributed by atoms with Crippen LogP contribution in [0.3, 0.4) is 0 Å². The Morgan fingerprint density at radius 2 is 1.55 bits per heavy atom. The van der Waals surface area contributed by atoms with Crippen molar-refractivity contribution in [3.63, 3.8) is 0 Å². The van der Waals surface area contributed by atoms with Crippen molar-refractivity contribution in [2.45, 2.75) is 18.0 Å². The van der Waals surface area contributed by atoms with Crippen molar-refractivity contribution in [1.82, 2.24) is 14.4 Å². The number of hydrogen-bond donors (Lipinski definition) is 2. The molecule has 0 fully saturated rings. The first-order valence-electron chi connectivity index (χ1n) is 9.26. The molecule has 174 valence electrons. The number of hydrogen-bond acceptors (Lipinski definition) is 8. The zero-order valence-corrected chi connectivity index (χ0v) is 18.1. The van der Waals surface area contributed by atoms with Crippen LogP contribution in [0.25, 0.3) is 0 Å². The summed E-state index contributed by atoms with van der Waals surface area (Å²) in [7, 11) is -3.87. The van der Waals surface area contributed by atoms with Gasteiger partial charge in [0, 0.05) is 24.5 Å². The van der Waals surface area contributed by atoms with E-state index in [0.29, 0.717) is 18.7 Å². The van der Waals surface area contributed by atoms with Crippen LogP contribution in [-0.4, -0.2) is 42.0 Å². The van der Waals surface area contributed by atoms with Gasteiger partial charge in [-0.1, -0.05) is 18.2 Å². The van der Waals surface area contributed by atoms with Crippen molar-refractivity contribution < 1.29 is 31.2 Å². The van der Waals surface area contributed by atoms with Gasteiger partial charge < -0.3 is 15.5 Å². The molecule has 1 aromatic heterocycles. The van der Waals surface area contributed by atoms with Gasteiger partial charge >= 0.3 is 12.1 Å².